The highest BCUT2D eigenvalue weighted by atomic mass is 19.1. The smallest absolute Gasteiger partial charge is 0.244 e. The molecule has 0 bridgehead atoms. The first-order valence-electron chi connectivity index (χ1n) is 7.77. The summed E-state index contributed by atoms with van der Waals surface area (Å²) >= 11 is 0. The predicted molar refractivity (Wildman–Crippen MR) is 81.1 cm³/mol. The van der Waals surface area contributed by atoms with Crippen LogP contribution in [0.2, 0.25) is 0 Å². The average Bonchev–Trinajstić information content (AvgIpc) is 3.23. The summed E-state index contributed by atoms with van der Waals surface area (Å²) in [5.41, 5.74) is -0.182. The molecule has 1 aromatic rings. The van der Waals surface area contributed by atoms with Crippen LogP contribution in [0.15, 0.2) is 24.3 Å². The minimum absolute atomic E-state index is 0.182. The molecule has 1 N–H and O–H groups in total. The molecule has 1 amide bonds. The third kappa shape index (κ3) is 3.71. The molecule has 0 unspecified atom stereocenters. The number of carbonyl (C=O) groups excluding carboxylic acids is 1. The molecule has 0 radical (unpaired) electrons. The van der Waals surface area contributed by atoms with E-state index in [1.54, 1.807) is 0 Å². The number of nitrogens with one attached hydrogen (secondary N) is 1. The van der Waals surface area contributed by atoms with Crippen molar-refractivity contribution in [3.63, 3.8) is 0 Å². The molecule has 1 atom stereocenters. The normalized spacial score (nSPS) is 22.4. The third-order valence-corrected chi connectivity index (χ3v) is 4.35. The summed E-state index contributed by atoms with van der Waals surface area (Å²) in [6, 6.07) is 4.41. The lowest BCUT2D eigenvalue weighted by Gasteiger charge is -2.14. The Morgan fingerprint density at radius 2 is 2.00 bits per heavy atom. The number of halogens is 2. The van der Waals surface area contributed by atoms with E-state index < -0.39 is 11.6 Å². The second-order valence-electron chi connectivity index (χ2n) is 6.09. The number of benzene rings is 1. The molecular formula is C17H20F2N2O. The number of carbonyl (C=O) groups is 1. The topological polar surface area (TPSA) is 32.3 Å². The molecule has 5 heteroatoms. The van der Waals surface area contributed by atoms with Crippen LogP contribution in [0.3, 0.4) is 0 Å². The lowest BCUT2D eigenvalue weighted by atomic mass is 10.1. The van der Waals surface area contributed by atoms with Gasteiger partial charge in [-0.15, -0.1) is 0 Å². The highest BCUT2D eigenvalue weighted by Gasteiger charge is 2.34. The van der Waals surface area contributed by atoms with Crippen LogP contribution in [0, 0.1) is 17.6 Å². The van der Waals surface area contributed by atoms with Gasteiger partial charge in [-0.25, -0.2) is 8.78 Å². The summed E-state index contributed by atoms with van der Waals surface area (Å²) < 4.78 is 26.9. The van der Waals surface area contributed by atoms with Gasteiger partial charge in [-0.05, 0) is 49.9 Å². The molecule has 3 nitrogen and oxygen atoms in total. The van der Waals surface area contributed by atoms with Crippen molar-refractivity contribution in [1.29, 1.82) is 0 Å². The van der Waals surface area contributed by atoms with E-state index in [1.807, 2.05) is 0 Å². The molecule has 0 aromatic heterocycles. The van der Waals surface area contributed by atoms with Crippen LogP contribution >= 0.6 is 0 Å². The maximum Gasteiger partial charge on any atom is 0.244 e. The average molecular weight is 306 g/mol. The van der Waals surface area contributed by atoms with Gasteiger partial charge in [0.05, 0.1) is 0 Å². The third-order valence-electron chi connectivity index (χ3n) is 4.35. The fraction of sp³-hybridized carbons (Fsp3) is 0.471. The minimum atomic E-state index is -0.667. The molecule has 22 heavy (non-hydrogen) atoms. The minimum Gasteiger partial charge on any atom is -0.352 e. The maximum absolute atomic E-state index is 13.4. The molecule has 0 spiro atoms. The fourth-order valence-corrected chi connectivity index (χ4v) is 2.93. The largest absolute Gasteiger partial charge is 0.352 e. The van der Waals surface area contributed by atoms with E-state index in [0.29, 0.717) is 12.5 Å². The molecule has 1 aliphatic heterocycles. The van der Waals surface area contributed by atoms with Crippen LogP contribution in [0.1, 0.15) is 24.8 Å². The Kier molecular flexibility index (Phi) is 4.52. The maximum atomic E-state index is 13.4. The Morgan fingerprint density at radius 3 is 2.68 bits per heavy atom. The van der Waals surface area contributed by atoms with Crippen LogP contribution in [0.4, 0.5) is 8.78 Å². The van der Waals surface area contributed by atoms with Crippen LogP contribution in [0.25, 0.3) is 6.08 Å². The van der Waals surface area contributed by atoms with Gasteiger partial charge in [-0.2, -0.15) is 0 Å². The summed E-state index contributed by atoms with van der Waals surface area (Å²) in [6.45, 7) is 2.77. The highest BCUT2D eigenvalue weighted by molar-refractivity contribution is 5.91. The highest BCUT2D eigenvalue weighted by Crippen LogP contribution is 2.31. The molecule has 1 saturated heterocycles. The molecule has 1 heterocycles. The van der Waals surface area contributed by atoms with E-state index >= 15 is 0 Å². The summed E-state index contributed by atoms with van der Waals surface area (Å²) in [4.78, 5) is 14.3. The monoisotopic (exact) mass is 306 g/mol. The van der Waals surface area contributed by atoms with E-state index in [-0.39, 0.29) is 11.5 Å². The Hall–Kier alpha value is -1.75. The number of amides is 1. The van der Waals surface area contributed by atoms with Crippen LogP contribution < -0.4 is 5.32 Å². The van der Waals surface area contributed by atoms with E-state index in [0.717, 1.165) is 25.6 Å². The van der Waals surface area contributed by atoms with Gasteiger partial charge in [0.15, 0.2) is 0 Å². The van der Waals surface area contributed by atoms with E-state index in [1.165, 1.54) is 43.2 Å². The SMILES string of the molecule is O=C(/C=C/c1c(F)cccc1F)NC[C@@H]1CCN(C2CC2)C1. The van der Waals surface area contributed by atoms with Gasteiger partial charge < -0.3 is 10.2 Å². The molecule has 2 aliphatic rings. The molecule has 1 saturated carbocycles. The number of likely N-dealkylation sites (tertiary alicyclic amines) is 1. The van der Waals surface area contributed by atoms with Crippen molar-refractivity contribution in [2.75, 3.05) is 19.6 Å². The molecule has 1 aliphatic carbocycles. The number of hydrogen-bond donors (Lipinski definition) is 1. The molecular weight excluding hydrogens is 286 g/mol. The Bertz CT molecular complexity index is 564. The van der Waals surface area contributed by atoms with Gasteiger partial charge in [0, 0.05) is 30.8 Å². The van der Waals surface area contributed by atoms with Gasteiger partial charge in [-0.3, -0.25) is 4.79 Å². The van der Waals surface area contributed by atoms with Gasteiger partial charge in [0.25, 0.3) is 0 Å². The number of hydrogen-bond acceptors (Lipinski definition) is 2. The lowest BCUT2D eigenvalue weighted by molar-refractivity contribution is -0.116. The Balaban J connectivity index is 1.47. The van der Waals surface area contributed by atoms with Gasteiger partial charge in [0.2, 0.25) is 5.91 Å². The van der Waals surface area contributed by atoms with E-state index in [2.05, 4.69) is 10.2 Å². The molecule has 118 valence electrons. The Labute approximate surface area is 129 Å². The fourth-order valence-electron chi connectivity index (χ4n) is 2.93. The van der Waals surface area contributed by atoms with Crippen molar-refractivity contribution in [2.24, 2.45) is 5.92 Å². The van der Waals surface area contributed by atoms with Crippen molar-refractivity contribution in [1.82, 2.24) is 10.2 Å². The Morgan fingerprint density at radius 1 is 1.27 bits per heavy atom. The van der Waals surface area contributed by atoms with Crippen molar-refractivity contribution in [3.8, 4) is 0 Å². The first kappa shape index (κ1) is 15.2. The second kappa shape index (κ2) is 6.57. The molecule has 2 fully saturated rings. The van der Waals surface area contributed by atoms with Crippen LogP contribution in [-0.2, 0) is 4.79 Å². The zero-order chi connectivity index (χ0) is 15.5. The van der Waals surface area contributed by atoms with E-state index in [4.69, 9.17) is 0 Å². The zero-order valence-corrected chi connectivity index (χ0v) is 12.4. The summed E-state index contributed by atoms with van der Waals surface area (Å²) in [6.07, 6.45) is 6.08. The second-order valence-corrected chi connectivity index (χ2v) is 6.09. The van der Waals surface area contributed by atoms with Gasteiger partial charge in [-0.1, -0.05) is 6.07 Å². The van der Waals surface area contributed by atoms with Gasteiger partial charge in [0.1, 0.15) is 11.6 Å². The van der Waals surface area contributed by atoms with E-state index in [9.17, 15) is 13.6 Å². The van der Waals surface area contributed by atoms with Crippen molar-refractivity contribution in [3.05, 3.63) is 41.5 Å². The number of rotatable bonds is 5. The standard InChI is InChI=1S/C17H20F2N2O/c18-15-2-1-3-16(19)14(15)6-7-17(22)20-10-12-8-9-21(11-12)13-4-5-13/h1-3,6-7,12-13H,4-5,8-11H2,(H,20,22)/b7-6+/t12-/m0/s1. The molecule has 3 rings (SSSR count). The predicted octanol–water partition coefficient (Wildman–Crippen LogP) is 2.58. The van der Waals surface area contributed by atoms with Crippen molar-refractivity contribution >= 4 is 12.0 Å². The van der Waals surface area contributed by atoms with Crippen molar-refractivity contribution < 1.29 is 13.6 Å². The zero-order valence-electron chi connectivity index (χ0n) is 12.4. The molecule has 1 aromatic carbocycles. The quantitative estimate of drug-likeness (QED) is 0.848. The van der Waals surface area contributed by atoms with Crippen molar-refractivity contribution in [2.45, 2.75) is 25.3 Å². The first-order valence-corrected chi connectivity index (χ1v) is 7.77. The lowest BCUT2D eigenvalue weighted by Crippen LogP contribution is -2.30. The van der Waals surface area contributed by atoms with Crippen LogP contribution in [-0.4, -0.2) is 36.5 Å². The number of nitrogens with zero attached hydrogens (tertiary/aromatic N) is 1. The summed E-state index contributed by atoms with van der Waals surface area (Å²) in [5.74, 6) is -1.17. The van der Waals surface area contributed by atoms with Crippen LogP contribution in [0.5, 0.6) is 0 Å². The first-order chi connectivity index (χ1) is 10.6. The van der Waals surface area contributed by atoms with Gasteiger partial charge >= 0.3 is 0 Å². The summed E-state index contributed by atoms with van der Waals surface area (Å²) in [5, 5.41) is 2.82. The summed E-state index contributed by atoms with van der Waals surface area (Å²) in [7, 11) is 0.